The van der Waals surface area contributed by atoms with Crippen LogP contribution in [0, 0.1) is 5.92 Å². The first-order chi connectivity index (χ1) is 17.9. The van der Waals surface area contributed by atoms with E-state index in [4.69, 9.17) is 21.1 Å². The van der Waals surface area contributed by atoms with Crippen molar-refractivity contribution in [1.82, 2.24) is 10.6 Å². The summed E-state index contributed by atoms with van der Waals surface area (Å²) in [5.41, 5.74) is -3.75. The number of hydrogen-bond acceptors (Lipinski definition) is 6. The number of alkyl halides is 3. The van der Waals surface area contributed by atoms with E-state index < -0.39 is 41.6 Å². The predicted octanol–water partition coefficient (Wildman–Crippen LogP) is 4.67. The van der Waals surface area contributed by atoms with Crippen LogP contribution in [-0.2, 0) is 0 Å². The third-order valence-corrected chi connectivity index (χ3v) is 6.24. The van der Waals surface area contributed by atoms with E-state index in [9.17, 15) is 32.7 Å². The topological polar surface area (TPSA) is 114 Å². The zero-order valence-corrected chi connectivity index (χ0v) is 20.3. The van der Waals surface area contributed by atoms with Gasteiger partial charge in [-0.15, -0.1) is 0 Å². The molecule has 0 aliphatic carbocycles. The van der Waals surface area contributed by atoms with Crippen LogP contribution < -0.4 is 20.1 Å². The summed E-state index contributed by atoms with van der Waals surface area (Å²) in [4.78, 5) is 37.9. The van der Waals surface area contributed by atoms with Crippen molar-refractivity contribution < 1.29 is 42.1 Å². The molecule has 0 bridgehead atoms. The summed E-state index contributed by atoms with van der Waals surface area (Å²) in [5, 5.41) is 14.9. The average Bonchev–Trinajstić information content (AvgIpc) is 2.88. The Kier molecular flexibility index (Phi) is 7.34. The van der Waals surface area contributed by atoms with Gasteiger partial charge in [0.15, 0.2) is 5.78 Å². The fourth-order valence-corrected chi connectivity index (χ4v) is 4.17. The lowest BCUT2D eigenvalue weighted by Gasteiger charge is -2.45. The molecule has 2 amide bonds. The van der Waals surface area contributed by atoms with Crippen molar-refractivity contribution in [2.45, 2.75) is 17.9 Å². The molecule has 1 heterocycles. The Balaban J connectivity index is 1.67. The standard InChI is InChI=1S/C26H20ClF3N2O6/c1-37-18-10-6-15(7-11-18)22(33)20-21(31-24(35)32-25(20,36)26(28,29)30)14-4-12-19(13-5-14)38-23(34)16-2-8-17(27)9-3-16/h2-13,20-21,36H,1H3,(H2,31,32,35). The third-order valence-electron chi connectivity index (χ3n) is 5.99. The maximum atomic E-state index is 14.1. The maximum Gasteiger partial charge on any atom is 0.437 e. The molecule has 198 valence electrons. The lowest BCUT2D eigenvalue weighted by atomic mass is 9.77. The highest BCUT2D eigenvalue weighted by molar-refractivity contribution is 6.30. The zero-order chi connectivity index (χ0) is 27.7. The largest absolute Gasteiger partial charge is 0.497 e. The predicted molar refractivity (Wildman–Crippen MR) is 129 cm³/mol. The molecule has 1 aliphatic heterocycles. The highest BCUT2D eigenvalue weighted by Crippen LogP contribution is 2.44. The van der Waals surface area contributed by atoms with E-state index in [1.807, 2.05) is 0 Å². The number of rotatable bonds is 6. The third kappa shape index (κ3) is 5.29. The highest BCUT2D eigenvalue weighted by atomic mass is 35.5. The van der Waals surface area contributed by atoms with Gasteiger partial charge >= 0.3 is 18.2 Å². The summed E-state index contributed by atoms with van der Waals surface area (Å²) in [6.07, 6.45) is -5.40. The molecule has 3 aromatic carbocycles. The van der Waals surface area contributed by atoms with Crippen molar-refractivity contribution in [2.24, 2.45) is 5.92 Å². The summed E-state index contributed by atoms with van der Waals surface area (Å²) in [6, 6.07) is 13.4. The molecule has 0 saturated carbocycles. The van der Waals surface area contributed by atoms with Crippen LogP contribution in [0.25, 0.3) is 0 Å². The van der Waals surface area contributed by atoms with E-state index in [2.05, 4.69) is 5.32 Å². The van der Waals surface area contributed by atoms with Crippen LogP contribution >= 0.6 is 11.6 Å². The van der Waals surface area contributed by atoms with E-state index in [1.165, 1.54) is 85.2 Å². The second-order valence-electron chi connectivity index (χ2n) is 8.38. The Morgan fingerprint density at radius 1 is 0.921 bits per heavy atom. The molecule has 3 atom stereocenters. The molecule has 0 radical (unpaired) electrons. The van der Waals surface area contributed by atoms with Gasteiger partial charge in [-0.05, 0) is 66.2 Å². The van der Waals surface area contributed by atoms with Gasteiger partial charge in [-0.25, -0.2) is 9.59 Å². The summed E-state index contributed by atoms with van der Waals surface area (Å²) >= 11 is 5.81. The molecule has 1 aliphatic rings. The van der Waals surface area contributed by atoms with Gasteiger partial charge in [0.1, 0.15) is 17.4 Å². The number of nitrogens with one attached hydrogen (secondary N) is 2. The van der Waals surface area contributed by atoms with Gasteiger partial charge in [0.05, 0.1) is 18.7 Å². The minimum absolute atomic E-state index is 0.0538. The molecule has 12 heteroatoms. The normalized spacial score (nSPS) is 21.2. The molecule has 4 rings (SSSR count). The Bertz CT molecular complexity index is 1350. The SMILES string of the molecule is COc1ccc(C(=O)C2C(c3ccc(OC(=O)c4ccc(Cl)cc4)cc3)NC(=O)NC2(O)C(F)(F)F)cc1. The first-order valence-electron chi connectivity index (χ1n) is 11.1. The van der Waals surface area contributed by atoms with E-state index in [0.717, 1.165) is 0 Å². The van der Waals surface area contributed by atoms with Crippen LogP contribution in [0.4, 0.5) is 18.0 Å². The molecule has 38 heavy (non-hydrogen) atoms. The van der Waals surface area contributed by atoms with Crippen molar-refractivity contribution in [2.75, 3.05) is 7.11 Å². The van der Waals surface area contributed by atoms with Crippen LogP contribution in [0.5, 0.6) is 11.5 Å². The summed E-state index contributed by atoms with van der Waals surface area (Å²) < 4.78 is 52.6. The van der Waals surface area contributed by atoms with Crippen LogP contribution in [0.1, 0.15) is 32.3 Å². The maximum absolute atomic E-state index is 14.1. The van der Waals surface area contributed by atoms with Gasteiger partial charge < -0.3 is 25.2 Å². The van der Waals surface area contributed by atoms with Crippen LogP contribution in [0.2, 0.25) is 5.02 Å². The number of benzene rings is 3. The number of esters is 1. The van der Waals surface area contributed by atoms with E-state index in [-0.39, 0.29) is 22.4 Å². The number of methoxy groups -OCH3 is 1. The molecule has 8 nitrogen and oxygen atoms in total. The number of halogens is 4. The highest BCUT2D eigenvalue weighted by Gasteiger charge is 2.66. The van der Waals surface area contributed by atoms with Gasteiger partial charge in [0.25, 0.3) is 0 Å². The summed E-state index contributed by atoms with van der Waals surface area (Å²) in [6.45, 7) is 0. The number of hydrogen-bond donors (Lipinski definition) is 3. The van der Waals surface area contributed by atoms with Crippen molar-refractivity contribution in [3.8, 4) is 11.5 Å². The first kappa shape index (κ1) is 27.0. The molecule has 1 saturated heterocycles. The second-order valence-corrected chi connectivity index (χ2v) is 8.81. The minimum Gasteiger partial charge on any atom is -0.497 e. The van der Waals surface area contributed by atoms with Gasteiger partial charge in [-0.1, -0.05) is 23.7 Å². The van der Waals surface area contributed by atoms with Gasteiger partial charge in [-0.2, -0.15) is 13.2 Å². The Hall–Kier alpha value is -4.09. The van der Waals surface area contributed by atoms with Gasteiger partial charge in [-0.3, -0.25) is 4.79 Å². The lowest BCUT2D eigenvalue weighted by Crippen LogP contribution is -2.72. The molecule has 0 aromatic heterocycles. The van der Waals surface area contributed by atoms with Gasteiger partial charge in [0, 0.05) is 10.6 Å². The number of carbonyl (C=O) groups excluding carboxylic acids is 3. The Morgan fingerprint density at radius 3 is 2.03 bits per heavy atom. The molecule has 0 spiro atoms. The van der Waals surface area contributed by atoms with Crippen molar-refractivity contribution in [3.63, 3.8) is 0 Å². The molecule has 1 fully saturated rings. The smallest absolute Gasteiger partial charge is 0.437 e. The van der Waals surface area contributed by atoms with E-state index >= 15 is 0 Å². The number of carbonyl (C=O) groups is 3. The number of amides is 2. The summed E-state index contributed by atoms with van der Waals surface area (Å²) in [5.74, 6) is -3.58. The Labute approximate surface area is 219 Å². The number of Topliss-reactive ketones (excluding diaryl/α,β-unsaturated/α-hetero) is 1. The van der Waals surface area contributed by atoms with Crippen LogP contribution in [0.15, 0.2) is 72.8 Å². The number of aliphatic hydroxyl groups is 1. The minimum atomic E-state index is -5.40. The average molecular weight is 549 g/mol. The fraction of sp³-hybridized carbons (Fsp3) is 0.192. The number of urea groups is 1. The van der Waals surface area contributed by atoms with Crippen LogP contribution in [0.3, 0.4) is 0 Å². The van der Waals surface area contributed by atoms with Crippen molar-refractivity contribution >= 4 is 29.4 Å². The Morgan fingerprint density at radius 2 is 1.47 bits per heavy atom. The molecular weight excluding hydrogens is 529 g/mol. The van der Waals surface area contributed by atoms with E-state index in [0.29, 0.717) is 10.8 Å². The molecule has 3 N–H and O–H groups in total. The molecular formula is C26H20ClF3N2O6. The van der Waals surface area contributed by atoms with E-state index in [1.54, 1.807) is 0 Å². The van der Waals surface area contributed by atoms with Gasteiger partial charge in [0.2, 0.25) is 5.72 Å². The zero-order valence-electron chi connectivity index (χ0n) is 19.6. The van der Waals surface area contributed by atoms with Crippen LogP contribution in [-0.4, -0.2) is 41.9 Å². The quantitative estimate of drug-likeness (QED) is 0.234. The van der Waals surface area contributed by atoms with Crippen molar-refractivity contribution in [3.05, 3.63) is 94.5 Å². The second kappa shape index (κ2) is 10.3. The molecule has 3 unspecified atom stereocenters. The first-order valence-corrected chi connectivity index (χ1v) is 11.4. The summed E-state index contributed by atoms with van der Waals surface area (Å²) in [7, 11) is 1.38. The number of ketones is 1. The number of ether oxygens (including phenoxy) is 2. The fourth-order valence-electron chi connectivity index (χ4n) is 4.05. The van der Waals surface area contributed by atoms with Crippen molar-refractivity contribution in [1.29, 1.82) is 0 Å². The monoisotopic (exact) mass is 548 g/mol. The molecule has 3 aromatic rings. The lowest BCUT2D eigenvalue weighted by molar-refractivity contribution is -0.287.